The van der Waals surface area contributed by atoms with Crippen molar-refractivity contribution >= 4 is 5.91 Å². The first kappa shape index (κ1) is 13.9. The van der Waals surface area contributed by atoms with Crippen LogP contribution in [0.2, 0.25) is 0 Å². The Morgan fingerprint density at radius 1 is 0.778 bits per heavy atom. The summed E-state index contributed by atoms with van der Waals surface area (Å²) < 4.78 is 0. The fourth-order valence-electron chi connectivity index (χ4n) is 3.25. The first-order chi connectivity index (χ1) is 8.84. The lowest BCUT2D eigenvalue weighted by Gasteiger charge is -2.21. The topological polar surface area (TPSA) is 41.1 Å². The van der Waals surface area contributed by atoms with E-state index in [0.29, 0.717) is 18.6 Å². The summed E-state index contributed by atoms with van der Waals surface area (Å²) in [6.45, 7) is 0.515. The van der Waals surface area contributed by atoms with Crippen molar-refractivity contribution in [1.82, 2.24) is 10.6 Å². The Labute approximate surface area is 111 Å². The van der Waals surface area contributed by atoms with Gasteiger partial charge < -0.3 is 10.6 Å². The zero-order valence-electron chi connectivity index (χ0n) is 11.5. The molecule has 0 bridgehead atoms. The van der Waals surface area contributed by atoms with Gasteiger partial charge in [-0.3, -0.25) is 4.79 Å². The van der Waals surface area contributed by atoms with Gasteiger partial charge in [0, 0.05) is 12.1 Å². The van der Waals surface area contributed by atoms with E-state index in [1.165, 1.54) is 70.6 Å². The molecule has 104 valence electrons. The van der Waals surface area contributed by atoms with Crippen molar-refractivity contribution in [2.75, 3.05) is 6.54 Å². The normalized spacial score (nSPS) is 23.6. The fourth-order valence-corrected chi connectivity index (χ4v) is 3.25. The molecule has 0 atom stereocenters. The van der Waals surface area contributed by atoms with Crippen LogP contribution in [0.25, 0.3) is 0 Å². The number of rotatable bonds is 4. The van der Waals surface area contributed by atoms with Gasteiger partial charge in [-0.2, -0.15) is 0 Å². The third kappa shape index (κ3) is 4.97. The van der Waals surface area contributed by atoms with Crippen LogP contribution in [0.4, 0.5) is 0 Å². The Morgan fingerprint density at radius 3 is 1.94 bits per heavy atom. The molecule has 0 aliphatic heterocycles. The monoisotopic (exact) mass is 252 g/mol. The maximum Gasteiger partial charge on any atom is 0.234 e. The quantitative estimate of drug-likeness (QED) is 0.808. The zero-order chi connectivity index (χ0) is 12.6. The van der Waals surface area contributed by atoms with E-state index in [0.717, 1.165) is 0 Å². The Kier molecular flexibility index (Phi) is 5.98. The lowest BCUT2D eigenvalue weighted by Crippen LogP contribution is -2.42. The Hall–Kier alpha value is -0.570. The van der Waals surface area contributed by atoms with Crippen LogP contribution in [0.3, 0.4) is 0 Å². The lowest BCUT2D eigenvalue weighted by molar-refractivity contribution is -0.121. The van der Waals surface area contributed by atoms with Gasteiger partial charge in [-0.25, -0.2) is 0 Å². The van der Waals surface area contributed by atoms with Gasteiger partial charge in [0.05, 0.1) is 6.54 Å². The minimum atomic E-state index is 0.198. The largest absolute Gasteiger partial charge is 0.352 e. The number of hydrogen-bond acceptors (Lipinski definition) is 2. The van der Waals surface area contributed by atoms with E-state index in [9.17, 15) is 4.79 Å². The van der Waals surface area contributed by atoms with Gasteiger partial charge in [0.15, 0.2) is 0 Å². The molecule has 3 heteroatoms. The average molecular weight is 252 g/mol. The summed E-state index contributed by atoms with van der Waals surface area (Å²) in [6.07, 6.45) is 14.2. The maximum absolute atomic E-state index is 11.8. The number of hydrogen-bond donors (Lipinski definition) is 2. The Bertz CT molecular complexity index is 241. The van der Waals surface area contributed by atoms with Crippen molar-refractivity contribution < 1.29 is 4.79 Å². The fraction of sp³-hybridized carbons (Fsp3) is 0.933. The molecular weight excluding hydrogens is 224 g/mol. The SMILES string of the molecule is O=C(CNC1CCCCCCC1)NC1CCCC1. The van der Waals surface area contributed by atoms with Crippen LogP contribution in [-0.4, -0.2) is 24.5 Å². The molecule has 0 spiro atoms. The standard InChI is InChI=1S/C15H28N2O/c18-15(17-14-10-6-7-11-14)12-16-13-8-4-2-1-3-5-9-13/h13-14,16H,1-12H2,(H,17,18). The van der Waals surface area contributed by atoms with Gasteiger partial charge in [-0.1, -0.05) is 44.9 Å². The second-order valence-electron chi connectivity index (χ2n) is 5.97. The molecule has 0 aromatic heterocycles. The van der Waals surface area contributed by atoms with Gasteiger partial charge in [0.25, 0.3) is 0 Å². The molecule has 18 heavy (non-hydrogen) atoms. The molecule has 2 N–H and O–H groups in total. The van der Waals surface area contributed by atoms with Crippen molar-refractivity contribution in [3.8, 4) is 0 Å². The molecule has 0 heterocycles. The molecule has 1 amide bonds. The summed E-state index contributed by atoms with van der Waals surface area (Å²) in [5.74, 6) is 0.198. The molecule has 0 unspecified atom stereocenters. The van der Waals surface area contributed by atoms with Crippen molar-refractivity contribution in [1.29, 1.82) is 0 Å². The number of nitrogens with one attached hydrogen (secondary N) is 2. The predicted octanol–water partition coefficient (Wildman–Crippen LogP) is 2.75. The second kappa shape index (κ2) is 7.78. The van der Waals surface area contributed by atoms with Gasteiger partial charge in [0.2, 0.25) is 5.91 Å². The third-order valence-electron chi connectivity index (χ3n) is 4.38. The van der Waals surface area contributed by atoms with Crippen LogP contribution >= 0.6 is 0 Å². The van der Waals surface area contributed by atoms with Gasteiger partial charge in [-0.05, 0) is 25.7 Å². The summed E-state index contributed by atoms with van der Waals surface area (Å²) in [4.78, 5) is 11.8. The van der Waals surface area contributed by atoms with Crippen LogP contribution < -0.4 is 10.6 Å². The van der Waals surface area contributed by atoms with E-state index < -0.39 is 0 Å². The highest BCUT2D eigenvalue weighted by Gasteiger charge is 2.18. The predicted molar refractivity (Wildman–Crippen MR) is 74.5 cm³/mol. The van der Waals surface area contributed by atoms with E-state index in [1.54, 1.807) is 0 Å². The highest BCUT2D eigenvalue weighted by Crippen LogP contribution is 2.18. The number of carbonyl (C=O) groups is 1. The first-order valence-electron chi connectivity index (χ1n) is 7.87. The van der Waals surface area contributed by atoms with E-state index in [1.807, 2.05) is 0 Å². The molecule has 2 aliphatic rings. The second-order valence-corrected chi connectivity index (χ2v) is 5.97. The highest BCUT2D eigenvalue weighted by atomic mass is 16.1. The van der Waals surface area contributed by atoms with Crippen molar-refractivity contribution in [3.05, 3.63) is 0 Å². The van der Waals surface area contributed by atoms with Gasteiger partial charge in [-0.15, -0.1) is 0 Å². The van der Waals surface area contributed by atoms with Crippen LogP contribution in [0.1, 0.15) is 70.6 Å². The number of carbonyl (C=O) groups excluding carboxylic acids is 1. The van der Waals surface area contributed by atoms with Gasteiger partial charge in [0.1, 0.15) is 0 Å². The molecule has 0 radical (unpaired) electrons. The van der Waals surface area contributed by atoms with Crippen LogP contribution in [0, 0.1) is 0 Å². The summed E-state index contributed by atoms with van der Waals surface area (Å²) in [5.41, 5.74) is 0. The Morgan fingerprint density at radius 2 is 1.28 bits per heavy atom. The smallest absolute Gasteiger partial charge is 0.234 e. The van der Waals surface area contributed by atoms with E-state index in [2.05, 4.69) is 10.6 Å². The van der Waals surface area contributed by atoms with E-state index >= 15 is 0 Å². The van der Waals surface area contributed by atoms with Crippen LogP contribution in [0.5, 0.6) is 0 Å². The lowest BCUT2D eigenvalue weighted by atomic mass is 9.97. The first-order valence-corrected chi connectivity index (χ1v) is 7.87. The molecule has 0 saturated heterocycles. The zero-order valence-corrected chi connectivity index (χ0v) is 11.5. The third-order valence-corrected chi connectivity index (χ3v) is 4.38. The van der Waals surface area contributed by atoms with Crippen molar-refractivity contribution in [3.63, 3.8) is 0 Å². The molecule has 2 aliphatic carbocycles. The van der Waals surface area contributed by atoms with E-state index in [-0.39, 0.29) is 5.91 Å². The van der Waals surface area contributed by atoms with Crippen molar-refractivity contribution in [2.45, 2.75) is 82.7 Å². The minimum Gasteiger partial charge on any atom is -0.352 e. The summed E-state index contributed by atoms with van der Waals surface area (Å²) in [6, 6.07) is 1.02. The molecule has 2 saturated carbocycles. The molecular formula is C15H28N2O. The number of amides is 1. The average Bonchev–Trinajstić information content (AvgIpc) is 2.80. The molecule has 3 nitrogen and oxygen atoms in total. The maximum atomic E-state index is 11.8. The molecule has 0 aromatic carbocycles. The van der Waals surface area contributed by atoms with Crippen LogP contribution in [-0.2, 0) is 4.79 Å². The molecule has 2 rings (SSSR count). The Balaban J connectivity index is 1.61. The summed E-state index contributed by atoms with van der Waals surface area (Å²) >= 11 is 0. The minimum absolute atomic E-state index is 0.198. The van der Waals surface area contributed by atoms with Crippen molar-refractivity contribution in [2.24, 2.45) is 0 Å². The summed E-state index contributed by atoms with van der Waals surface area (Å²) in [5, 5.41) is 6.60. The highest BCUT2D eigenvalue weighted by molar-refractivity contribution is 5.78. The summed E-state index contributed by atoms with van der Waals surface area (Å²) in [7, 11) is 0. The van der Waals surface area contributed by atoms with Crippen LogP contribution in [0.15, 0.2) is 0 Å². The van der Waals surface area contributed by atoms with E-state index in [4.69, 9.17) is 0 Å². The van der Waals surface area contributed by atoms with Gasteiger partial charge >= 0.3 is 0 Å². The molecule has 2 fully saturated rings. The molecule has 0 aromatic rings.